The smallest absolute Gasteiger partial charge is 0.276 e. The average molecular weight is 399 g/mol. The van der Waals surface area contributed by atoms with E-state index in [4.69, 9.17) is 4.52 Å². The van der Waals surface area contributed by atoms with Crippen LogP contribution in [0.4, 0.5) is 5.69 Å². The van der Waals surface area contributed by atoms with E-state index in [1.807, 2.05) is 13.0 Å². The van der Waals surface area contributed by atoms with E-state index in [2.05, 4.69) is 9.88 Å². The van der Waals surface area contributed by atoms with Crippen LogP contribution in [0.1, 0.15) is 35.3 Å². The van der Waals surface area contributed by atoms with Gasteiger partial charge >= 0.3 is 0 Å². The predicted molar refractivity (Wildman–Crippen MR) is 106 cm³/mol. The summed E-state index contributed by atoms with van der Waals surface area (Å²) in [6.07, 6.45) is 3.03. The Labute approximate surface area is 163 Å². The Balaban J connectivity index is 1.67. The van der Waals surface area contributed by atoms with Crippen LogP contribution >= 0.6 is 0 Å². The van der Waals surface area contributed by atoms with Crippen molar-refractivity contribution in [3.63, 3.8) is 0 Å². The zero-order chi connectivity index (χ0) is 19.7. The van der Waals surface area contributed by atoms with Crippen LogP contribution < -0.4 is 4.72 Å². The minimum Gasteiger partial charge on any atom is -0.355 e. The SMILES string of the molecule is Cc1cccc(NS(=O)(=O)c2ccc3onc(C(=O)N4CCCCC4)c3c2)c1. The number of aromatic nitrogens is 1. The molecule has 0 saturated carbocycles. The lowest BCUT2D eigenvalue weighted by Crippen LogP contribution is -2.35. The summed E-state index contributed by atoms with van der Waals surface area (Å²) in [5, 5.41) is 4.31. The second-order valence-electron chi connectivity index (χ2n) is 7.02. The molecule has 0 unspecified atom stereocenters. The molecule has 1 aliphatic heterocycles. The standard InChI is InChI=1S/C20H21N3O4S/c1-14-6-5-7-15(12-14)22-28(25,26)16-8-9-18-17(13-16)19(21-27-18)20(24)23-10-3-2-4-11-23/h5-9,12-13,22H,2-4,10-11H2,1H3. The summed E-state index contributed by atoms with van der Waals surface area (Å²) in [7, 11) is -3.81. The molecular formula is C20H21N3O4S. The maximum atomic E-state index is 12.8. The highest BCUT2D eigenvalue weighted by molar-refractivity contribution is 7.92. The van der Waals surface area contributed by atoms with Crippen LogP contribution in [0.2, 0.25) is 0 Å². The quantitative estimate of drug-likeness (QED) is 0.724. The Morgan fingerprint density at radius 1 is 1.11 bits per heavy atom. The summed E-state index contributed by atoms with van der Waals surface area (Å²) < 4.78 is 33.4. The van der Waals surface area contributed by atoms with Gasteiger partial charge in [-0.1, -0.05) is 17.3 Å². The molecular weight excluding hydrogens is 378 g/mol. The molecule has 0 spiro atoms. The number of amides is 1. The van der Waals surface area contributed by atoms with E-state index in [-0.39, 0.29) is 16.5 Å². The maximum Gasteiger partial charge on any atom is 0.276 e. The van der Waals surface area contributed by atoms with Crippen LogP contribution in [-0.4, -0.2) is 37.5 Å². The van der Waals surface area contributed by atoms with Gasteiger partial charge in [0.1, 0.15) is 0 Å². The number of hydrogen-bond acceptors (Lipinski definition) is 5. The number of sulfonamides is 1. The van der Waals surface area contributed by atoms with Gasteiger partial charge in [-0.25, -0.2) is 8.42 Å². The van der Waals surface area contributed by atoms with Crippen molar-refractivity contribution in [2.45, 2.75) is 31.1 Å². The summed E-state index contributed by atoms with van der Waals surface area (Å²) >= 11 is 0. The summed E-state index contributed by atoms with van der Waals surface area (Å²) in [5.41, 5.74) is 1.97. The first-order chi connectivity index (χ1) is 13.4. The maximum absolute atomic E-state index is 12.8. The van der Waals surface area contributed by atoms with Crippen LogP contribution in [0, 0.1) is 6.92 Å². The Bertz CT molecular complexity index is 1130. The lowest BCUT2D eigenvalue weighted by atomic mass is 10.1. The second-order valence-corrected chi connectivity index (χ2v) is 8.70. The molecule has 7 nitrogen and oxygen atoms in total. The molecule has 28 heavy (non-hydrogen) atoms. The Kier molecular flexibility index (Phi) is 4.80. The van der Waals surface area contributed by atoms with Gasteiger partial charge in [-0.05, 0) is 62.1 Å². The fraction of sp³-hybridized carbons (Fsp3) is 0.300. The highest BCUT2D eigenvalue weighted by atomic mass is 32.2. The summed E-state index contributed by atoms with van der Waals surface area (Å²) in [4.78, 5) is 14.6. The number of nitrogens with one attached hydrogen (secondary N) is 1. The topological polar surface area (TPSA) is 92.5 Å². The molecule has 1 aromatic heterocycles. The van der Waals surface area contributed by atoms with Gasteiger partial charge < -0.3 is 9.42 Å². The van der Waals surface area contributed by atoms with Crippen LogP contribution in [0.25, 0.3) is 11.0 Å². The number of likely N-dealkylation sites (tertiary alicyclic amines) is 1. The highest BCUT2D eigenvalue weighted by Crippen LogP contribution is 2.26. The number of nitrogens with zero attached hydrogens (tertiary/aromatic N) is 2. The third kappa shape index (κ3) is 3.60. The molecule has 1 fully saturated rings. The number of benzene rings is 2. The monoisotopic (exact) mass is 399 g/mol. The van der Waals surface area contributed by atoms with Gasteiger partial charge in [0.05, 0.1) is 10.3 Å². The molecule has 1 aliphatic rings. The van der Waals surface area contributed by atoms with Crippen molar-refractivity contribution in [2.75, 3.05) is 17.8 Å². The zero-order valence-corrected chi connectivity index (χ0v) is 16.3. The van der Waals surface area contributed by atoms with Gasteiger partial charge in [0.25, 0.3) is 15.9 Å². The third-order valence-corrected chi connectivity index (χ3v) is 6.25. The van der Waals surface area contributed by atoms with Gasteiger partial charge in [0.15, 0.2) is 11.3 Å². The molecule has 0 radical (unpaired) electrons. The van der Waals surface area contributed by atoms with E-state index in [1.54, 1.807) is 23.1 Å². The highest BCUT2D eigenvalue weighted by Gasteiger charge is 2.25. The molecule has 3 aromatic rings. The number of hydrogen-bond donors (Lipinski definition) is 1. The van der Waals surface area contributed by atoms with Crippen molar-refractivity contribution in [3.05, 3.63) is 53.7 Å². The number of anilines is 1. The number of carbonyl (C=O) groups is 1. The summed E-state index contributed by atoms with van der Waals surface area (Å²) in [6, 6.07) is 11.5. The van der Waals surface area contributed by atoms with E-state index in [0.29, 0.717) is 29.7 Å². The molecule has 4 rings (SSSR count). The first-order valence-electron chi connectivity index (χ1n) is 9.22. The minimum atomic E-state index is -3.81. The minimum absolute atomic E-state index is 0.0531. The molecule has 2 heterocycles. The van der Waals surface area contributed by atoms with E-state index < -0.39 is 10.0 Å². The van der Waals surface area contributed by atoms with Crippen LogP contribution in [0.3, 0.4) is 0 Å². The van der Waals surface area contributed by atoms with Gasteiger partial charge in [-0.3, -0.25) is 9.52 Å². The van der Waals surface area contributed by atoms with E-state index in [9.17, 15) is 13.2 Å². The van der Waals surface area contributed by atoms with Crippen molar-refractivity contribution in [2.24, 2.45) is 0 Å². The second kappa shape index (κ2) is 7.27. The van der Waals surface area contributed by atoms with Gasteiger partial charge in [-0.2, -0.15) is 0 Å². The van der Waals surface area contributed by atoms with Crippen molar-refractivity contribution in [3.8, 4) is 0 Å². The van der Waals surface area contributed by atoms with E-state index >= 15 is 0 Å². The first-order valence-corrected chi connectivity index (χ1v) is 10.7. The molecule has 8 heteroatoms. The predicted octanol–water partition coefficient (Wildman–Crippen LogP) is 3.56. The molecule has 0 aliphatic carbocycles. The molecule has 0 bridgehead atoms. The largest absolute Gasteiger partial charge is 0.355 e. The van der Waals surface area contributed by atoms with Crippen LogP contribution in [0.15, 0.2) is 51.9 Å². The fourth-order valence-corrected chi connectivity index (χ4v) is 4.48. The number of aryl methyl sites for hydroxylation is 1. The van der Waals surface area contributed by atoms with E-state index in [0.717, 1.165) is 24.8 Å². The van der Waals surface area contributed by atoms with Crippen molar-refractivity contribution in [1.29, 1.82) is 0 Å². The number of piperidine rings is 1. The van der Waals surface area contributed by atoms with Gasteiger partial charge in [0.2, 0.25) is 0 Å². The van der Waals surface area contributed by atoms with Gasteiger partial charge in [0, 0.05) is 18.8 Å². The molecule has 0 atom stereocenters. The first kappa shape index (κ1) is 18.5. The molecule has 1 N–H and O–H groups in total. The molecule has 1 amide bonds. The van der Waals surface area contributed by atoms with Gasteiger partial charge in [-0.15, -0.1) is 0 Å². The molecule has 146 valence electrons. The molecule has 1 saturated heterocycles. The average Bonchev–Trinajstić information content (AvgIpc) is 3.11. The lowest BCUT2D eigenvalue weighted by Gasteiger charge is -2.25. The number of fused-ring (bicyclic) bond motifs is 1. The zero-order valence-electron chi connectivity index (χ0n) is 15.5. The summed E-state index contributed by atoms with van der Waals surface area (Å²) in [5.74, 6) is -0.223. The van der Waals surface area contributed by atoms with Crippen molar-refractivity contribution < 1.29 is 17.7 Å². The molecule has 2 aromatic carbocycles. The van der Waals surface area contributed by atoms with Crippen molar-refractivity contribution >= 4 is 32.6 Å². The van der Waals surface area contributed by atoms with Crippen LogP contribution in [0.5, 0.6) is 0 Å². The Morgan fingerprint density at radius 3 is 2.64 bits per heavy atom. The van der Waals surface area contributed by atoms with Crippen LogP contribution in [-0.2, 0) is 10.0 Å². The summed E-state index contributed by atoms with van der Waals surface area (Å²) in [6.45, 7) is 3.25. The Hall–Kier alpha value is -2.87. The lowest BCUT2D eigenvalue weighted by molar-refractivity contribution is 0.0716. The van der Waals surface area contributed by atoms with Crippen molar-refractivity contribution in [1.82, 2.24) is 10.1 Å². The normalized spacial score (nSPS) is 15.0. The Morgan fingerprint density at radius 2 is 1.89 bits per heavy atom. The number of rotatable bonds is 4. The fourth-order valence-electron chi connectivity index (χ4n) is 3.41. The third-order valence-electron chi connectivity index (χ3n) is 4.87. The number of carbonyl (C=O) groups excluding carboxylic acids is 1. The van der Waals surface area contributed by atoms with E-state index in [1.165, 1.54) is 18.2 Å².